The molecule has 1 aliphatic rings. The van der Waals surface area contributed by atoms with Gasteiger partial charge in [0.25, 0.3) is 0 Å². The minimum atomic E-state index is -0.861. The van der Waals surface area contributed by atoms with Crippen LogP contribution in [0.4, 0.5) is 4.79 Å². The molecule has 0 bridgehead atoms. The van der Waals surface area contributed by atoms with Crippen LogP contribution in [-0.4, -0.2) is 34.3 Å². The Balaban J connectivity index is 2.00. The normalized spacial score (nSPS) is 16.4. The summed E-state index contributed by atoms with van der Waals surface area (Å²) in [5.41, 5.74) is 1.08. The number of hydrogen-bond acceptors (Lipinski definition) is 2. The van der Waals surface area contributed by atoms with Crippen LogP contribution in [0.25, 0.3) is 0 Å². The highest BCUT2D eigenvalue weighted by atomic mass is 16.4. The van der Waals surface area contributed by atoms with Crippen molar-refractivity contribution in [3.8, 4) is 5.75 Å². The van der Waals surface area contributed by atoms with E-state index < -0.39 is 6.09 Å². The number of rotatable bonds is 1. The Hall–Kier alpha value is -1.71. The molecule has 1 aromatic rings. The fourth-order valence-electron chi connectivity index (χ4n) is 1.59. The van der Waals surface area contributed by atoms with Crippen molar-refractivity contribution in [1.82, 2.24) is 4.90 Å². The van der Waals surface area contributed by atoms with Crippen LogP contribution in [0.3, 0.4) is 0 Å². The molecule has 0 aromatic heterocycles. The van der Waals surface area contributed by atoms with Crippen LogP contribution in [0.15, 0.2) is 24.3 Å². The van der Waals surface area contributed by atoms with Crippen LogP contribution in [0.1, 0.15) is 11.5 Å². The summed E-state index contributed by atoms with van der Waals surface area (Å²) in [7, 11) is 0. The molecule has 0 spiro atoms. The van der Waals surface area contributed by atoms with Gasteiger partial charge >= 0.3 is 6.09 Å². The van der Waals surface area contributed by atoms with Gasteiger partial charge in [-0.05, 0) is 17.7 Å². The van der Waals surface area contributed by atoms with E-state index in [-0.39, 0.29) is 11.7 Å². The molecule has 1 aliphatic heterocycles. The molecule has 1 saturated heterocycles. The van der Waals surface area contributed by atoms with E-state index in [1.165, 1.54) is 4.90 Å². The summed E-state index contributed by atoms with van der Waals surface area (Å²) in [5, 5.41) is 17.7. The number of amides is 1. The average molecular weight is 193 g/mol. The van der Waals surface area contributed by atoms with Gasteiger partial charge in [-0.3, -0.25) is 0 Å². The molecule has 4 nitrogen and oxygen atoms in total. The summed E-state index contributed by atoms with van der Waals surface area (Å²) in [6.45, 7) is 1.11. The third kappa shape index (κ3) is 1.51. The molecule has 14 heavy (non-hydrogen) atoms. The molecule has 0 atom stereocenters. The van der Waals surface area contributed by atoms with E-state index in [1.54, 1.807) is 12.1 Å². The van der Waals surface area contributed by atoms with Crippen molar-refractivity contribution >= 4 is 6.09 Å². The van der Waals surface area contributed by atoms with Crippen LogP contribution >= 0.6 is 0 Å². The maximum atomic E-state index is 10.5. The topological polar surface area (TPSA) is 60.8 Å². The zero-order chi connectivity index (χ0) is 10.1. The first-order valence-corrected chi connectivity index (χ1v) is 4.43. The second-order valence-electron chi connectivity index (χ2n) is 3.48. The van der Waals surface area contributed by atoms with E-state index in [0.29, 0.717) is 13.1 Å². The van der Waals surface area contributed by atoms with Crippen molar-refractivity contribution in [3.63, 3.8) is 0 Å². The Kier molecular flexibility index (Phi) is 2.04. The highest BCUT2D eigenvalue weighted by Gasteiger charge is 2.31. The van der Waals surface area contributed by atoms with Crippen molar-refractivity contribution < 1.29 is 15.0 Å². The smallest absolute Gasteiger partial charge is 0.407 e. The number of carbonyl (C=O) groups is 1. The zero-order valence-corrected chi connectivity index (χ0v) is 7.55. The Labute approximate surface area is 81.4 Å². The number of aromatic hydroxyl groups is 1. The van der Waals surface area contributed by atoms with Crippen LogP contribution in [-0.2, 0) is 0 Å². The largest absolute Gasteiger partial charge is 0.508 e. The predicted molar refractivity (Wildman–Crippen MR) is 50.4 cm³/mol. The average Bonchev–Trinajstić information content (AvgIpc) is 2.05. The minimum absolute atomic E-state index is 0.239. The maximum Gasteiger partial charge on any atom is 0.407 e. The summed E-state index contributed by atoms with van der Waals surface area (Å²) in [6, 6.07) is 6.91. The van der Waals surface area contributed by atoms with Gasteiger partial charge in [0.15, 0.2) is 0 Å². The lowest BCUT2D eigenvalue weighted by atomic mass is 9.92. The fraction of sp³-hybridized carbons (Fsp3) is 0.300. The number of likely N-dealkylation sites (tertiary alicyclic amines) is 1. The molecule has 4 heteroatoms. The van der Waals surface area contributed by atoms with Crippen LogP contribution in [0.5, 0.6) is 5.75 Å². The number of hydrogen-bond donors (Lipinski definition) is 2. The molecule has 2 rings (SSSR count). The Morgan fingerprint density at radius 2 is 1.86 bits per heavy atom. The summed E-state index contributed by atoms with van der Waals surface area (Å²) >= 11 is 0. The van der Waals surface area contributed by atoms with E-state index in [2.05, 4.69) is 0 Å². The maximum absolute atomic E-state index is 10.5. The second kappa shape index (κ2) is 3.21. The molecule has 1 aromatic carbocycles. The predicted octanol–water partition coefficient (Wildman–Crippen LogP) is 1.47. The van der Waals surface area contributed by atoms with Gasteiger partial charge in [-0.2, -0.15) is 0 Å². The highest BCUT2D eigenvalue weighted by molar-refractivity contribution is 5.66. The molecular formula is C10H11NO3. The lowest BCUT2D eigenvalue weighted by molar-refractivity contribution is 0.105. The first-order valence-electron chi connectivity index (χ1n) is 4.43. The highest BCUT2D eigenvalue weighted by Crippen LogP contribution is 2.27. The van der Waals surface area contributed by atoms with Crippen molar-refractivity contribution in [2.24, 2.45) is 0 Å². The van der Waals surface area contributed by atoms with E-state index in [0.717, 1.165) is 5.56 Å². The lowest BCUT2D eigenvalue weighted by Gasteiger charge is -2.37. The molecule has 0 aliphatic carbocycles. The molecule has 1 amide bonds. The standard InChI is InChI=1S/C10H11NO3/c12-9-3-1-7(2-4-9)8-5-11(6-8)10(13)14/h1-4,8,12H,5-6H2,(H,13,14). The zero-order valence-electron chi connectivity index (χ0n) is 7.55. The Morgan fingerprint density at radius 3 is 2.36 bits per heavy atom. The third-order valence-electron chi connectivity index (χ3n) is 2.52. The van der Waals surface area contributed by atoms with Gasteiger partial charge in [0.1, 0.15) is 5.75 Å². The van der Waals surface area contributed by atoms with Gasteiger partial charge in [-0.15, -0.1) is 0 Å². The quantitative estimate of drug-likeness (QED) is 0.710. The van der Waals surface area contributed by atoms with Crippen LogP contribution in [0, 0.1) is 0 Å². The van der Waals surface area contributed by atoms with Crippen LogP contribution < -0.4 is 0 Å². The molecule has 2 N–H and O–H groups in total. The first-order chi connectivity index (χ1) is 6.66. The van der Waals surface area contributed by atoms with Gasteiger partial charge in [-0.1, -0.05) is 12.1 Å². The van der Waals surface area contributed by atoms with E-state index >= 15 is 0 Å². The number of phenolic OH excluding ortho intramolecular Hbond substituents is 1. The van der Waals surface area contributed by atoms with Gasteiger partial charge in [0.2, 0.25) is 0 Å². The molecule has 0 unspecified atom stereocenters. The monoisotopic (exact) mass is 193 g/mol. The van der Waals surface area contributed by atoms with Gasteiger partial charge < -0.3 is 15.1 Å². The second-order valence-corrected chi connectivity index (χ2v) is 3.48. The summed E-state index contributed by atoms with van der Waals surface area (Å²) in [5.74, 6) is 0.523. The Morgan fingerprint density at radius 1 is 1.29 bits per heavy atom. The third-order valence-corrected chi connectivity index (χ3v) is 2.52. The van der Waals surface area contributed by atoms with Crippen molar-refractivity contribution in [2.45, 2.75) is 5.92 Å². The van der Waals surface area contributed by atoms with E-state index in [1.807, 2.05) is 12.1 Å². The number of nitrogens with zero attached hydrogens (tertiary/aromatic N) is 1. The summed E-state index contributed by atoms with van der Waals surface area (Å²) in [4.78, 5) is 11.9. The molecular weight excluding hydrogens is 182 g/mol. The molecule has 1 fully saturated rings. The minimum Gasteiger partial charge on any atom is -0.508 e. The van der Waals surface area contributed by atoms with Crippen molar-refractivity contribution in [3.05, 3.63) is 29.8 Å². The number of phenols is 1. The van der Waals surface area contributed by atoms with Crippen molar-refractivity contribution in [2.75, 3.05) is 13.1 Å². The van der Waals surface area contributed by atoms with Gasteiger partial charge in [0, 0.05) is 19.0 Å². The summed E-state index contributed by atoms with van der Waals surface area (Å²) in [6.07, 6.45) is -0.861. The lowest BCUT2D eigenvalue weighted by Crippen LogP contribution is -2.47. The molecule has 0 saturated carbocycles. The van der Waals surface area contributed by atoms with Crippen LogP contribution in [0.2, 0.25) is 0 Å². The fourth-order valence-corrected chi connectivity index (χ4v) is 1.59. The SMILES string of the molecule is O=C(O)N1CC(c2ccc(O)cc2)C1. The van der Waals surface area contributed by atoms with E-state index in [9.17, 15) is 4.79 Å². The molecule has 0 radical (unpaired) electrons. The summed E-state index contributed by atoms with van der Waals surface area (Å²) < 4.78 is 0. The number of carboxylic acid groups (broad SMARTS) is 1. The van der Waals surface area contributed by atoms with Crippen molar-refractivity contribution in [1.29, 1.82) is 0 Å². The Bertz CT molecular complexity index is 341. The van der Waals surface area contributed by atoms with E-state index in [4.69, 9.17) is 10.2 Å². The van der Waals surface area contributed by atoms with Gasteiger partial charge in [0.05, 0.1) is 0 Å². The van der Waals surface area contributed by atoms with Gasteiger partial charge in [-0.25, -0.2) is 4.79 Å². The molecule has 1 heterocycles. The molecule has 74 valence electrons. The first kappa shape index (κ1) is 8.87. The number of benzene rings is 1.